The van der Waals surface area contributed by atoms with E-state index in [0.717, 1.165) is 12.1 Å². The highest BCUT2D eigenvalue weighted by atomic mass is 19.4. The van der Waals surface area contributed by atoms with Gasteiger partial charge in [0, 0.05) is 5.41 Å². The van der Waals surface area contributed by atoms with Crippen molar-refractivity contribution in [2.24, 2.45) is 5.41 Å². The van der Waals surface area contributed by atoms with Crippen molar-refractivity contribution in [3.63, 3.8) is 0 Å². The second-order valence-electron chi connectivity index (χ2n) is 5.41. The smallest absolute Gasteiger partial charge is 0.416 e. The highest BCUT2D eigenvalue weighted by molar-refractivity contribution is 5.82. The van der Waals surface area contributed by atoms with Gasteiger partial charge in [-0.25, -0.2) is 4.39 Å². The molecule has 3 aliphatic rings. The largest absolute Gasteiger partial charge is 0.481 e. The van der Waals surface area contributed by atoms with Crippen LogP contribution in [0, 0.1) is 5.41 Å². The fourth-order valence-corrected chi connectivity index (χ4v) is 3.31. The van der Waals surface area contributed by atoms with Crippen molar-refractivity contribution in [1.82, 2.24) is 0 Å². The molecule has 3 aliphatic carbocycles. The number of rotatable bonds is 2. The van der Waals surface area contributed by atoms with E-state index >= 15 is 0 Å². The predicted octanol–water partition coefficient (Wildman–Crippen LogP) is 3.16. The topological polar surface area (TPSA) is 37.3 Å². The molecule has 19 heavy (non-hydrogen) atoms. The van der Waals surface area contributed by atoms with Crippen LogP contribution in [0.2, 0.25) is 0 Å². The molecule has 0 saturated heterocycles. The molecular formula is C13H10F4O2. The predicted molar refractivity (Wildman–Crippen MR) is 57.3 cm³/mol. The van der Waals surface area contributed by atoms with Gasteiger partial charge in [-0.3, -0.25) is 4.79 Å². The average Bonchev–Trinajstić information content (AvgIpc) is 2.26. The van der Waals surface area contributed by atoms with Gasteiger partial charge in [-0.1, -0.05) is 18.2 Å². The average molecular weight is 274 g/mol. The van der Waals surface area contributed by atoms with Gasteiger partial charge >= 0.3 is 12.1 Å². The van der Waals surface area contributed by atoms with Gasteiger partial charge in [0.2, 0.25) is 0 Å². The molecule has 1 atom stereocenters. The monoisotopic (exact) mass is 274 g/mol. The quantitative estimate of drug-likeness (QED) is 0.841. The molecule has 2 bridgehead atoms. The molecule has 102 valence electrons. The summed E-state index contributed by atoms with van der Waals surface area (Å²) in [5.74, 6) is -1.20. The van der Waals surface area contributed by atoms with E-state index in [1.807, 2.05) is 0 Å². The summed E-state index contributed by atoms with van der Waals surface area (Å²) < 4.78 is 51.8. The summed E-state index contributed by atoms with van der Waals surface area (Å²) in [6.07, 6.45) is -5.91. The van der Waals surface area contributed by atoms with Crippen LogP contribution in [0.1, 0.15) is 24.0 Å². The Morgan fingerprint density at radius 2 is 1.95 bits per heavy atom. The summed E-state index contributed by atoms with van der Waals surface area (Å²) in [6, 6.07) is 4.53. The van der Waals surface area contributed by atoms with Crippen LogP contribution >= 0.6 is 0 Å². The Bertz CT molecular complexity index is 558. The summed E-state index contributed by atoms with van der Waals surface area (Å²) in [5.41, 5.74) is -2.97. The number of alkyl halides is 4. The second-order valence-corrected chi connectivity index (χ2v) is 5.41. The molecule has 4 rings (SSSR count). The summed E-state index contributed by atoms with van der Waals surface area (Å²) in [7, 11) is 0. The van der Waals surface area contributed by atoms with Gasteiger partial charge in [-0.05, 0) is 24.5 Å². The lowest BCUT2D eigenvalue weighted by atomic mass is 9.32. The van der Waals surface area contributed by atoms with Gasteiger partial charge < -0.3 is 5.11 Å². The third-order valence-electron chi connectivity index (χ3n) is 4.42. The van der Waals surface area contributed by atoms with Crippen LogP contribution in [0.15, 0.2) is 24.3 Å². The molecule has 0 aromatic heterocycles. The van der Waals surface area contributed by atoms with Crippen molar-refractivity contribution in [3.8, 4) is 0 Å². The van der Waals surface area contributed by atoms with E-state index in [4.69, 9.17) is 5.11 Å². The van der Waals surface area contributed by atoms with E-state index < -0.39 is 34.7 Å². The molecule has 6 heteroatoms. The lowest BCUT2D eigenvalue weighted by Gasteiger charge is -2.70. The molecule has 0 heterocycles. The maximum Gasteiger partial charge on any atom is 0.416 e. The number of halogens is 4. The Labute approximate surface area is 106 Å². The van der Waals surface area contributed by atoms with E-state index in [9.17, 15) is 22.4 Å². The number of carbonyl (C=O) groups is 1. The second kappa shape index (κ2) is 3.29. The number of benzene rings is 1. The van der Waals surface area contributed by atoms with Crippen molar-refractivity contribution in [1.29, 1.82) is 0 Å². The summed E-state index contributed by atoms with van der Waals surface area (Å²) >= 11 is 0. The van der Waals surface area contributed by atoms with Gasteiger partial charge in [0.1, 0.15) is 11.6 Å². The molecule has 0 aliphatic heterocycles. The molecular weight excluding hydrogens is 264 g/mol. The van der Waals surface area contributed by atoms with Crippen molar-refractivity contribution in [3.05, 3.63) is 35.4 Å². The van der Waals surface area contributed by atoms with Gasteiger partial charge in [0.25, 0.3) is 0 Å². The van der Waals surface area contributed by atoms with Gasteiger partial charge in [-0.2, -0.15) is 13.2 Å². The highest BCUT2D eigenvalue weighted by Gasteiger charge is 2.81. The molecule has 3 saturated carbocycles. The van der Waals surface area contributed by atoms with E-state index in [0.29, 0.717) is 0 Å². The Hall–Kier alpha value is -1.59. The molecule has 2 nitrogen and oxygen atoms in total. The third-order valence-corrected chi connectivity index (χ3v) is 4.42. The number of carboxylic acids is 1. The van der Waals surface area contributed by atoms with E-state index in [1.54, 1.807) is 0 Å². The maximum absolute atomic E-state index is 14.0. The number of aliphatic carboxylic acids is 1. The number of hydrogen-bond acceptors (Lipinski definition) is 1. The van der Waals surface area contributed by atoms with E-state index in [2.05, 4.69) is 0 Å². The first-order valence-corrected chi connectivity index (χ1v) is 5.78. The fourth-order valence-electron chi connectivity index (χ4n) is 3.31. The zero-order valence-electron chi connectivity index (χ0n) is 9.67. The van der Waals surface area contributed by atoms with Crippen LogP contribution in [0.25, 0.3) is 0 Å². The van der Waals surface area contributed by atoms with Crippen LogP contribution in [-0.4, -0.2) is 17.2 Å². The minimum Gasteiger partial charge on any atom is -0.481 e. The molecule has 1 unspecified atom stereocenters. The highest BCUT2D eigenvalue weighted by Crippen LogP contribution is 2.74. The summed E-state index contributed by atoms with van der Waals surface area (Å²) in [5, 5.41) is 8.93. The molecule has 0 radical (unpaired) electrons. The zero-order valence-corrected chi connectivity index (χ0v) is 9.67. The number of carboxylic acid groups (broad SMARTS) is 1. The van der Waals surface area contributed by atoms with Crippen LogP contribution in [0.5, 0.6) is 0 Å². The van der Waals surface area contributed by atoms with Gasteiger partial charge in [0.05, 0.1) is 5.56 Å². The minimum atomic E-state index is -4.48. The molecule has 3 fully saturated rings. The van der Waals surface area contributed by atoms with Crippen molar-refractivity contribution >= 4 is 5.97 Å². The Morgan fingerprint density at radius 3 is 2.42 bits per heavy atom. The zero-order chi connectivity index (χ0) is 14.1. The van der Waals surface area contributed by atoms with Crippen LogP contribution in [-0.2, 0) is 16.4 Å². The van der Waals surface area contributed by atoms with Gasteiger partial charge in [0.15, 0.2) is 0 Å². The Kier molecular flexibility index (Phi) is 2.16. The van der Waals surface area contributed by atoms with Crippen molar-refractivity contribution in [2.45, 2.75) is 30.6 Å². The van der Waals surface area contributed by atoms with E-state index in [1.165, 1.54) is 12.1 Å². The van der Waals surface area contributed by atoms with Crippen molar-refractivity contribution < 1.29 is 27.5 Å². The molecule has 0 spiro atoms. The van der Waals surface area contributed by atoms with Crippen LogP contribution in [0.4, 0.5) is 17.6 Å². The minimum absolute atomic E-state index is 0.0812. The SMILES string of the molecule is O=C(O)C12CC(c3cccc(C(F)(F)F)c3)(C1)C2F. The molecule has 1 aromatic carbocycles. The van der Waals surface area contributed by atoms with E-state index in [-0.39, 0.29) is 18.4 Å². The summed E-state index contributed by atoms with van der Waals surface area (Å²) in [6.45, 7) is 0. The first-order chi connectivity index (χ1) is 8.72. The number of hydrogen-bond donors (Lipinski definition) is 1. The first-order valence-electron chi connectivity index (χ1n) is 5.78. The first kappa shape index (κ1) is 12.4. The standard InChI is InChI=1S/C13H10F4O2/c14-9-11(5-12(9,6-11)10(18)19)7-2-1-3-8(4-7)13(15,16)17/h1-4,9H,5-6H2,(H,18,19). The van der Waals surface area contributed by atoms with Gasteiger partial charge in [-0.15, -0.1) is 0 Å². The van der Waals surface area contributed by atoms with Crippen molar-refractivity contribution in [2.75, 3.05) is 0 Å². The summed E-state index contributed by atoms with van der Waals surface area (Å²) in [4.78, 5) is 10.9. The Morgan fingerprint density at radius 1 is 1.32 bits per heavy atom. The fraction of sp³-hybridized carbons (Fsp3) is 0.462. The molecule has 1 N–H and O–H groups in total. The Balaban J connectivity index is 1.93. The maximum atomic E-state index is 14.0. The molecule has 0 amide bonds. The third kappa shape index (κ3) is 1.34. The molecule has 1 aromatic rings. The lowest BCUT2D eigenvalue weighted by Crippen LogP contribution is -2.77. The van der Waals surface area contributed by atoms with Crippen LogP contribution in [0.3, 0.4) is 0 Å². The van der Waals surface area contributed by atoms with Crippen LogP contribution < -0.4 is 0 Å². The lowest BCUT2D eigenvalue weighted by molar-refractivity contribution is -0.237. The normalized spacial score (nSPS) is 36.3.